The molecule has 0 aliphatic carbocycles. The first-order chi connectivity index (χ1) is 12.1. The summed E-state index contributed by atoms with van der Waals surface area (Å²) >= 11 is 0. The molecule has 4 nitrogen and oxygen atoms in total. The number of para-hydroxylation sites is 1. The highest BCUT2D eigenvalue weighted by molar-refractivity contribution is 5.78. The SMILES string of the molecule is Cc1cc2nc(CO)n(CCCCOc3ccccc3C)c2cc1C. The first-order valence-electron chi connectivity index (χ1n) is 8.86. The van der Waals surface area contributed by atoms with Crippen molar-refractivity contribution in [3.63, 3.8) is 0 Å². The summed E-state index contributed by atoms with van der Waals surface area (Å²) in [4.78, 5) is 4.57. The molecule has 0 aliphatic heterocycles. The number of hydrogen-bond acceptors (Lipinski definition) is 3. The van der Waals surface area contributed by atoms with Gasteiger partial charge in [-0.05, 0) is 68.5 Å². The van der Waals surface area contributed by atoms with E-state index in [0.29, 0.717) is 6.61 Å². The molecule has 25 heavy (non-hydrogen) atoms. The number of hydrogen-bond donors (Lipinski definition) is 1. The lowest BCUT2D eigenvalue weighted by Gasteiger charge is -2.11. The van der Waals surface area contributed by atoms with Gasteiger partial charge in [0.2, 0.25) is 0 Å². The fourth-order valence-corrected chi connectivity index (χ4v) is 3.07. The fraction of sp³-hybridized carbons (Fsp3) is 0.381. The Balaban J connectivity index is 1.63. The Bertz CT molecular complexity index is 868. The van der Waals surface area contributed by atoms with Crippen molar-refractivity contribution in [2.45, 2.75) is 46.8 Å². The van der Waals surface area contributed by atoms with Gasteiger partial charge in [-0.3, -0.25) is 0 Å². The van der Waals surface area contributed by atoms with E-state index in [2.05, 4.69) is 48.5 Å². The van der Waals surface area contributed by atoms with E-state index < -0.39 is 0 Å². The normalized spacial score (nSPS) is 11.2. The van der Waals surface area contributed by atoms with Crippen molar-refractivity contribution in [2.24, 2.45) is 0 Å². The summed E-state index contributed by atoms with van der Waals surface area (Å²) in [5.74, 6) is 1.69. The second-order valence-corrected chi connectivity index (χ2v) is 6.58. The molecule has 0 unspecified atom stereocenters. The summed E-state index contributed by atoms with van der Waals surface area (Å²) in [6.07, 6.45) is 1.95. The quantitative estimate of drug-likeness (QED) is 0.653. The van der Waals surface area contributed by atoms with Gasteiger partial charge in [-0.2, -0.15) is 0 Å². The number of rotatable bonds is 7. The van der Waals surface area contributed by atoms with Gasteiger partial charge in [0.15, 0.2) is 0 Å². The molecule has 1 aromatic heterocycles. The maximum absolute atomic E-state index is 9.63. The van der Waals surface area contributed by atoms with Gasteiger partial charge in [0.25, 0.3) is 0 Å². The molecular weight excluding hydrogens is 312 g/mol. The highest BCUT2D eigenvalue weighted by Gasteiger charge is 2.11. The summed E-state index contributed by atoms with van der Waals surface area (Å²) in [6, 6.07) is 12.4. The van der Waals surface area contributed by atoms with Crippen LogP contribution in [0.1, 0.15) is 35.4 Å². The first-order valence-corrected chi connectivity index (χ1v) is 8.86. The molecule has 0 saturated carbocycles. The van der Waals surface area contributed by atoms with Gasteiger partial charge in [-0.1, -0.05) is 18.2 Å². The Morgan fingerprint density at radius 3 is 2.52 bits per heavy atom. The third kappa shape index (κ3) is 3.85. The van der Waals surface area contributed by atoms with Crippen LogP contribution in [0.15, 0.2) is 36.4 Å². The maximum atomic E-state index is 9.63. The lowest BCUT2D eigenvalue weighted by atomic mass is 10.1. The number of unbranched alkanes of at least 4 members (excludes halogenated alkanes) is 1. The minimum absolute atomic E-state index is 0.0352. The predicted octanol–water partition coefficient (Wildman–Crippen LogP) is 4.31. The number of aliphatic hydroxyl groups is 1. The highest BCUT2D eigenvalue weighted by atomic mass is 16.5. The van der Waals surface area contributed by atoms with Crippen molar-refractivity contribution in [2.75, 3.05) is 6.61 Å². The lowest BCUT2D eigenvalue weighted by molar-refractivity contribution is 0.263. The summed E-state index contributed by atoms with van der Waals surface area (Å²) in [7, 11) is 0. The third-order valence-corrected chi connectivity index (χ3v) is 4.71. The van der Waals surface area contributed by atoms with Crippen molar-refractivity contribution in [1.29, 1.82) is 0 Å². The van der Waals surface area contributed by atoms with Crippen LogP contribution < -0.4 is 4.74 Å². The number of fused-ring (bicyclic) bond motifs is 1. The zero-order valence-electron chi connectivity index (χ0n) is 15.2. The number of imidazole rings is 1. The topological polar surface area (TPSA) is 47.3 Å². The van der Waals surface area contributed by atoms with Crippen LogP contribution in [-0.2, 0) is 13.2 Å². The Labute approximate surface area is 149 Å². The van der Waals surface area contributed by atoms with Crippen molar-refractivity contribution in [3.8, 4) is 5.75 Å². The molecule has 3 rings (SSSR count). The zero-order valence-corrected chi connectivity index (χ0v) is 15.2. The van der Waals surface area contributed by atoms with Gasteiger partial charge < -0.3 is 14.4 Å². The third-order valence-electron chi connectivity index (χ3n) is 4.71. The highest BCUT2D eigenvalue weighted by Crippen LogP contribution is 2.22. The molecule has 3 aromatic rings. The fourth-order valence-electron chi connectivity index (χ4n) is 3.07. The molecule has 0 saturated heterocycles. The van der Waals surface area contributed by atoms with Crippen molar-refractivity contribution in [1.82, 2.24) is 9.55 Å². The zero-order chi connectivity index (χ0) is 17.8. The molecule has 132 valence electrons. The van der Waals surface area contributed by atoms with Gasteiger partial charge in [0.1, 0.15) is 18.2 Å². The largest absolute Gasteiger partial charge is 0.493 e. The van der Waals surface area contributed by atoms with Crippen molar-refractivity contribution >= 4 is 11.0 Å². The van der Waals surface area contributed by atoms with Crippen LogP contribution in [0.25, 0.3) is 11.0 Å². The molecule has 4 heteroatoms. The molecule has 0 amide bonds. The van der Waals surface area contributed by atoms with Crippen LogP contribution in [0.3, 0.4) is 0 Å². The van der Waals surface area contributed by atoms with Crippen LogP contribution >= 0.6 is 0 Å². The Hall–Kier alpha value is -2.33. The lowest BCUT2D eigenvalue weighted by Crippen LogP contribution is -2.06. The van der Waals surface area contributed by atoms with Crippen LogP contribution in [0, 0.1) is 20.8 Å². The number of aryl methyl sites for hydroxylation is 4. The van der Waals surface area contributed by atoms with E-state index in [9.17, 15) is 5.11 Å². The van der Waals surface area contributed by atoms with Crippen molar-refractivity contribution < 1.29 is 9.84 Å². The molecule has 0 fully saturated rings. The van der Waals surface area contributed by atoms with Crippen LogP contribution in [0.2, 0.25) is 0 Å². The summed E-state index contributed by atoms with van der Waals surface area (Å²) in [5.41, 5.74) is 5.71. The smallest absolute Gasteiger partial charge is 0.135 e. The minimum Gasteiger partial charge on any atom is -0.493 e. The molecule has 0 bridgehead atoms. The van der Waals surface area contributed by atoms with Gasteiger partial charge in [-0.15, -0.1) is 0 Å². The summed E-state index contributed by atoms with van der Waals surface area (Å²) in [6.45, 7) is 7.77. The first kappa shape index (κ1) is 17.5. The van der Waals surface area contributed by atoms with Gasteiger partial charge in [0.05, 0.1) is 17.6 Å². The minimum atomic E-state index is -0.0352. The predicted molar refractivity (Wildman–Crippen MR) is 101 cm³/mol. The Morgan fingerprint density at radius 2 is 1.76 bits per heavy atom. The maximum Gasteiger partial charge on any atom is 0.135 e. The van der Waals surface area contributed by atoms with E-state index in [1.54, 1.807) is 0 Å². The van der Waals surface area contributed by atoms with E-state index in [0.717, 1.165) is 47.6 Å². The number of aliphatic hydroxyl groups excluding tert-OH is 1. The molecular formula is C21H26N2O2. The standard InChI is InChI=1S/C21H26N2O2/c1-15-8-4-5-9-20(15)25-11-7-6-10-23-19-13-17(3)16(2)12-18(19)22-21(23)14-24/h4-5,8-9,12-13,24H,6-7,10-11,14H2,1-3H3. The number of ether oxygens (including phenoxy) is 1. The summed E-state index contributed by atoms with van der Waals surface area (Å²) in [5, 5.41) is 9.63. The van der Waals surface area contributed by atoms with Crippen LogP contribution in [0.5, 0.6) is 5.75 Å². The van der Waals surface area contributed by atoms with E-state index in [1.807, 2.05) is 18.2 Å². The average molecular weight is 338 g/mol. The molecule has 1 heterocycles. The Morgan fingerprint density at radius 1 is 1.00 bits per heavy atom. The molecule has 0 aliphatic rings. The van der Waals surface area contributed by atoms with Crippen LogP contribution in [-0.4, -0.2) is 21.3 Å². The average Bonchev–Trinajstić information content (AvgIpc) is 2.93. The van der Waals surface area contributed by atoms with Gasteiger partial charge >= 0.3 is 0 Å². The number of benzene rings is 2. The monoisotopic (exact) mass is 338 g/mol. The number of aromatic nitrogens is 2. The van der Waals surface area contributed by atoms with Gasteiger partial charge in [0, 0.05) is 6.54 Å². The van der Waals surface area contributed by atoms with E-state index >= 15 is 0 Å². The molecule has 0 spiro atoms. The summed E-state index contributed by atoms with van der Waals surface area (Å²) < 4.78 is 8.00. The second-order valence-electron chi connectivity index (χ2n) is 6.58. The van der Waals surface area contributed by atoms with Crippen LogP contribution in [0.4, 0.5) is 0 Å². The molecule has 0 atom stereocenters. The van der Waals surface area contributed by atoms with Crippen molar-refractivity contribution in [3.05, 3.63) is 58.9 Å². The number of nitrogens with zero attached hydrogens (tertiary/aromatic N) is 2. The Kier molecular flexibility index (Phi) is 5.39. The molecule has 2 aromatic carbocycles. The van der Waals surface area contributed by atoms with E-state index in [1.165, 1.54) is 11.1 Å². The molecule has 0 radical (unpaired) electrons. The van der Waals surface area contributed by atoms with E-state index in [-0.39, 0.29) is 6.61 Å². The second kappa shape index (κ2) is 7.70. The molecule has 1 N–H and O–H groups in total. The van der Waals surface area contributed by atoms with E-state index in [4.69, 9.17) is 4.74 Å². The van der Waals surface area contributed by atoms with Gasteiger partial charge in [-0.25, -0.2) is 4.98 Å².